The van der Waals surface area contributed by atoms with Crippen LogP contribution in [-0.2, 0) is 10.2 Å². The summed E-state index contributed by atoms with van der Waals surface area (Å²) in [7, 11) is 0. The lowest BCUT2D eigenvalue weighted by atomic mass is 9.86. The number of ether oxygens (including phenoxy) is 1. The molecule has 0 bridgehead atoms. The number of benzene rings is 2. The van der Waals surface area contributed by atoms with Gasteiger partial charge in [-0.25, -0.2) is 0 Å². The molecule has 3 aromatic rings. The van der Waals surface area contributed by atoms with Crippen molar-refractivity contribution in [1.29, 1.82) is 0 Å². The molecular weight excluding hydrogens is 470 g/mol. The lowest BCUT2D eigenvalue weighted by Crippen LogP contribution is -2.36. The fraction of sp³-hybridized carbons (Fsp3) is 0.385. The molecule has 0 N–H and O–H groups in total. The monoisotopic (exact) mass is 495 g/mol. The largest absolute Gasteiger partial charge is 0.450 e. The molecule has 2 atom stereocenters. The van der Waals surface area contributed by atoms with Crippen molar-refractivity contribution in [2.45, 2.75) is 51.2 Å². The fourth-order valence-corrected chi connectivity index (χ4v) is 5.06. The molecular formula is C26H26BrNO4. The Morgan fingerprint density at radius 2 is 1.84 bits per heavy atom. The lowest BCUT2D eigenvalue weighted by Gasteiger charge is -2.28. The van der Waals surface area contributed by atoms with E-state index in [1.54, 1.807) is 17.0 Å². The van der Waals surface area contributed by atoms with Gasteiger partial charge in [-0.3, -0.25) is 9.59 Å². The molecule has 1 amide bonds. The van der Waals surface area contributed by atoms with Gasteiger partial charge in [0.15, 0.2) is 5.43 Å². The average molecular weight is 496 g/mol. The summed E-state index contributed by atoms with van der Waals surface area (Å²) in [6.45, 7) is 7.64. The number of hydrogen-bond donors (Lipinski definition) is 0. The Labute approximate surface area is 195 Å². The van der Waals surface area contributed by atoms with Crippen LogP contribution in [0.5, 0.6) is 0 Å². The summed E-state index contributed by atoms with van der Waals surface area (Å²) in [6.07, 6.45) is 1.87. The molecule has 2 aliphatic rings. The maximum Gasteiger partial charge on any atom is 0.291 e. The number of fused-ring (bicyclic) bond motifs is 2. The Balaban J connectivity index is 1.67. The maximum atomic E-state index is 13.6. The molecule has 3 heterocycles. The van der Waals surface area contributed by atoms with Crippen LogP contribution in [0.3, 0.4) is 0 Å². The molecule has 5 rings (SSSR count). The summed E-state index contributed by atoms with van der Waals surface area (Å²) in [6, 6.07) is 13.0. The molecule has 0 spiro atoms. The number of carbonyl (C=O) groups is 1. The van der Waals surface area contributed by atoms with Gasteiger partial charge in [-0.15, -0.1) is 0 Å². The van der Waals surface area contributed by atoms with Crippen LogP contribution in [0.2, 0.25) is 0 Å². The van der Waals surface area contributed by atoms with E-state index in [1.807, 2.05) is 18.2 Å². The van der Waals surface area contributed by atoms with E-state index in [0.29, 0.717) is 29.7 Å². The van der Waals surface area contributed by atoms with E-state index >= 15 is 0 Å². The highest BCUT2D eigenvalue weighted by molar-refractivity contribution is 9.10. The summed E-state index contributed by atoms with van der Waals surface area (Å²) in [4.78, 5) is 28.9. The van der Waals surface area contributed by atoms with Gasteiger partial charge >= 0.3 is 0 Å². The summed E-state index contributed by atoms with van der Waals surface area (Å²) in [5.74, 6) is -0.102. The third kappa shape index (κ3) is 3.59. The first-order valence-electron chi connectivity index (χ1n) is 11.0. The van der Waals surface area contributed by atoms with Gasteiger partial charge in [-0.05, 0) is 47.6 Å². The van der Waals surface area contributed by atoms with Crippen molar-refractivity contribution >= 4 is 32.8 Å². The molecule has 1 aromatic heterocycles. The van der Waals surface area contributed by atoms with Crippen molar-refractivity contribution in [3.63, 3.8) is 0 Å². The molecule has 166 valence electrons. The molecule has 0 unspecified atom stereocenters. The highest BCUT2D eigenvalue weighted by Crippen LogP contribution is 2.39. The number of halogens is 1. The number of hydrogen-bond acceptors (Lipinski definition) is 4. The Bertz CT molecular complexity index is 1250. The highest BCUT2D eigenvalue weighted by Gasteiger charge is 2.44. The Morgan fingerprint density at radius 1 is 1.09 bits per heavy atom. The van der Waals surface area contributed by atoms with Gasteiger partial charge < -0.3 is 14.1 Å². The van der Waals surface area contributed by atoms with E-state index in [-0.39, 0.29) is 28.6 Å². The van der Waals surface area contributed by atoms with Gasteiger partial charge in [0.05, 0.1) is 23.1 Å². The molecule has 0 saturated carbocycles. The first-order chi connectivity index (χ1) is 15.2. The van der Waals surface area contributed by atoms with Crippen LogP contribution in [0.4, 0.5) is 0 Å². The zero-order valence-corrected chi connectivity index (χ0v) is 20.1. The summed E-state index contributed by atoms with van der Waals surface area (Å²) >= 11 is 3.44. The number of amides is 1. The molecule has 5 nitrogen and oxygen atoms in total. The Kier molecular flexibility index (Phi) is 5.25. The minimum absolute atomic E-state index is 0.0147. The predicted molar refractivity (Wildman–Crippen MR) is 127 cm³/mol. The first kappa shape index (κ1) is 21.4. The second-order valence-corrected chi connectivity index (χ2v) is 10.6. The minimum Gasteiger partial charge on any atom is -0.450 e. The summed E-state index contributed by atoms with van der Waals surface area (Å²) in [5.41, 5.74) is 2.81. The SMILES string of the molecule is CC(C)(C)c1ccc([C@@H]2c3c(oc4ccc(Br)cc4c3=O)C(=O)N2C[C@H]2CCCO2)cc1. The van der Waals surface area contributed by atoms with E-state index in [9.17, 15) is 9.59 Å². The fourth-order valence-electron chi connectivity index (χ4n) is 4.70. The Hall–Kier alpha value is -2.44. The van der Waals surface area contributed by atoms with Gasteiger partial charge in [0.2, 0.25) is 5.76 Å². The van der Waals surface area contributed by atoms with Crippen molar-refractivity contribution in [3.8, 4) is 0 Å². The quantitative estimate of drug-likeness (QED) is 0.475. The third-order valence-electron chi connectivity index (χ3n) is 6.44. The van der Waals surface area contributed by atoms with E-state index < -0.39 is 6.04 Å². The van der Waals surface area contributed by atoms with Gasteiger partial charge in [-0.1, -0.05) is 61.0 Å². The molecule has 2 aromatic carbocycles. The van der Waals surface area contributed by atoms with Gasteiger partial charge in [0.1, 0.15) is 5.58 Å². The van der Waals surface area contributed by atoms with Gasteiger partial charge in [0, 0.05) is 17.6 Å². The second kappa shape index (κ2) is 7.85. The second-order valence-electron chi connectivity index (χ2n) is 9.68. The molecule has 0 radical (unpaired) electrons. The molecule has 1 fully saturated rings. The molecule has 0 aliphatic carbocycles. The van der Waals surface area contributed by atoms with E-state index in [4.69, 9.17) is 9.15 Å². The normalized spacial score (nSPS) is 20.9. The van der Waals surface area contributed by atoms with Crippen LogP contribution in [0.15, 0.2) is 56.1 Å². The lowest BCUT2D eigenvalue weighted by molar-refractivity contribution is 0.0486. The minimum atomic E-state index is -0.490. The third-order valence-corrected chi connectivity index (χ3v) is 6.94. The van der Waals surface area contributed by atoms with Crippen LogP contribution in [0, 0.1) is 0 Å². The van der Waals surface area contributed by atoms with Crippen molar-refractivity contribution in [1.82, 2.24) is 4.90 Å². The topological polar surface area (TPSA) is 59.8 Å². The molecule has 6 heteroatoms. The van der Waals surface area contributed by atoms with Crippen LogP contribution in [0.25, 0.3) is 11.0 Å². The van der Waals surface area contributed by atoms with Crippen molar-refractivity contribution in [2.24, 2.45) is 0 Å². The maximum absolute atomic E-state index is 13.6. The number of carbonyl (C=O) groups excluding carboxylic acids is 1. The standard InChI is InChI=1S/C26H26BrNO4/c1-26(2,3)16-8-6-15(7-9-16)22-21-23(29)19-13-17(27)10-11-20(19)32-24(21)25(30)28(22)14-18-5-4-12-31-18/h6-11,13,18,22H,4-5,12,14H2,1-3H3/t18-,22-/m1/s1. The smallest absolute Gasteiger partial charge is 0.291 e. The van der Waals surface area contributed by atoms with Crippen molar-refractivity contribution in [2.75, 3.05) is 13.2 Å². The highest BCUT2D eigenvalue weighted by atomic mass is 79.9. The summed E-state index contributed by atoms with van der Waals surface area (Å²) in [5, 5.41) is 0.473. The predicted octanol–water partition coefficient (Wildman–Crippen LogP) is 5.58. The van der Waals surface area contributed by atoms with Gasteiger partial charge in [0.25, 0.3) is 5.91 Å². The molecule has 32 heavy (non-hydrogen) atoms. The van der Waals surface area contributed by atoms with Crippen molar-refractivity contribution in [3.05, 3.63) is 79.6 Å². The van der Waals surface area contributed by atoms with Gasteiger partial charge in [-0.2, -0.15) is 0 Å². The van der Waals surface area contributed by atoms with Crippen molar-refractivity contribution < 1.29 is 13.9 Å². The van der Waals surface area contributed by atoms with E-state index in [2.05, 4.69) is 48.8 Å². The zero-order chi connectivity index (χ0) is 22.6. The van der Waals surface area contributed by atoms with Crippen LogP contribution < -0.4 is 5.43 Å². The number of rotatable bonds is 3. The molecule has 2 aliphatic heterocycles. The Morgan fingerprint density at radius 3 is 2.50 bits per heavy atom. The van der Waals surface area contributed by atoms with Crippen LogP contribution in [-0.4, -0.2) is 30.1 Å². The van der Waals surface area contributed by atoms with Crippen LogP contribution in [0.1, 0.15) is 66.9 Å². The summed E-state index contributed by atoms with van der Waals surface area (Å²) < 4.78 is 12.6. The van der Waals surface area contributed by atoms with E-state index in [1.165, 1.54) is 5.56 Å². The zero-order valence-electron chi connectivity index (χ0n) is 18.5. The van der Waals surface area contributed by atoms with E-state index in [0.717, 1.165) is 22.9 Å². The first-order valence-corrected chi connectivity index (χ1v) is 11.8. The van der Waals surface area contributed by atoms with Crippen LogP contribution >= 0.6 is 15.9 Å². The average Bonchev–Trinajstić information content (AvgIpc) is 3.36. The number of nitrogens with zero attached hydrogens (tertiary/aromatic N) is 1. The molecule has 1 saturated heterocycles.